The monoisotopic (exact) mass is 302 g/mol. The van der Waals surface area contributed by atoms with E-state index in [1.165, 1.54) is 19.3 Å². The third-order valence-electron chi connectivity index (χ3n) is 4.42. The highest BCUT2D eigenvalue weighted by molar-refractivity contribution is 4.83. The van der Waals surface area contributed by atoms with Crippen LogP contribution in [0.3, 0.4) is 0 Å². The van der Waals surface area contributed by atoms with E-state index in [4.69, 9.17) is 9.47 Å². The van der Waals surface area contributed by atoms with E-state index in [9.17, 15) is 0 Å². The lowest BCUT2D eigenvalue weighted by Gasteiger charge is -2.37. The first-order valence-corrected chi connectivity index (χ1v) is 8.59. The van der Waals surface area contributed by atoms with Crippen molar-refractivity contribution in [1.82, 2.24) is 10.2 Å². The Bertz CT molecular complexity index is 221. The predicted molar refractivity (Wildman–Crippen MR) is 91.0 cm³/mol. The second-order valence-electron chi connectivity index (χ2n) is 6.00. The first-order chi connectivity index (χ1) is 10.2. The number of ether oxygens (including phenoxy) is 2. The Morgan fingerprint density at radius 2 is 1.62 bits per heavy atom. The summed E-state index contributed by atoms with van der Waals surface area (Å²) in [7, 11) is 3.56. The number of methoxy groups -OCH3 is 2. The molecule has 21 heavy (non-hydrogen) atoms. The zero-order chi connectivity index (χ0) is 16.0. The molecule has 0 aliphatic heterocycles. The fourth-order valence-corrected chi connectivity index (χ4v) is 2.71. The minimum Gasteiger partial charge on any atom is -0.385 e. The van der Waals surface area contributed by atoms with Crippen molar-refractivity contribution in [3.63, 3.8) is 0 Å². The van der Waals surface area contributed by atoms with Gasteiger partial charge in [0.25, 0.3) is 0 Å². The molecule has 0 aromatic heterocycles. The lowest BCUT2D eigenvalue weighted by atomic mass is 9.81. The molecule has 1 N–H and O–H groups in total. The number of hydrogen-bond acceptors (Lipinski definition) is 4. The van der Waals surface area contributed by atoms with Crippen LogP contribution in [0.4, 0.5) is 0 Å². The maximum Gasteiger partial charge on any atom is 0.0589 e. The molecule has 0 unspecified atom stereocenters. The molecule has 0 spiro atoms. The molecule has 0 fully saturated rings. The smallest absolute Gasteiger partial charge is 0.0589 e. The largest absolute Gasteiger partial charge is 0.385 e. The van der Waals surface area contributed by atoms with Crippen molar-refractivity contribution < 1.29 is 9.47 Å². The zero-order valence-electron chi connectivity index (χ0n) is 15.0. The summed E-state index contributed by atoms with van der Waals surface area (Å²) in [4.78, 5) is 2.54. The summed E-state index contributed by atoms with van der Waals surface area (Å²) in [5.74, 6) is 0. The molecular formula is C17H38N2O2. The van der Waals surface area contributed by atoms with E-state index in [2.05, 4.69) is 31.0 Å². The lowest BCUT2D eigenvalue weighted by Crippen LogP contribution is -2.45. The Kier molecular flexibility index (Phi) is 13.4. The van der Waals surface area contributed by atoms with Gasteiger partial charge in [-0.1, -0.05) is 20.8 Å². The summed E-state index contributed by atoms with van der Waals surface area (Å²) < 4.78 is 10.5. The fourth-order valence-electron chi connectivity index (χ4n) is 2.71. The molecule has 4 nitrogen and oxygen atoms in total. The van der Waals surface area contributed by atoms with Crippen LogP contribution in [0.2, 0.25) is 0 Å². The fraction of sp³-hybridized carbons (Fsp3) is 1.00. The summed E-state index contributed by atoms with van der Waals surface area (Å²) in [6, 6.07) is 0. The third-order valence-corrected chi connectivity index (χ3v) is 4.42. The summed E-state index contributed by atoms with van der Waals surface area (Å²) in [5.41, 5.74) is 0.371. The van der Waals surface area contributed by atoms with Crippen LogP contribution in [-0.4, -0.2) is 65.1 Å². The Hall–Kier alpha value is -0.160. The number of hydrogen-bond donors (Lipinski definition) is 1. The molecule has 0 aliphatic rings. The van der Waals surface area contributed by atoms with Crippen molar-refractivity contribution in [1.29, 1.82) is 0 Å². The van der Waals surface area contributed by atoms with Gasteiger partial charge in [-0.2, -0.15) is 0 Å². The van der Waals surface area contributed by atoms with Crippen molar-refractivity contribution in [2.45, 2.75) is 46.5 Å². The average molecular weight is 303 g/mol. The van der Waals surface area contributed by atoms with Gasteiger partial charge in [-0.15, -0.1) is 0 Å². The minimum atomic E-state index is 0.371. The van der Waals surface area contributed by atoms with Crippen LogP contribution < -0.4 is 5.32 Å². The van der Waals surface area contributed by atoms with Crippen LogP contribution in [0.1, 0.15) is 46.5 Å². The molecule has 0 radical (unpaired) electrons. The second kappa shape index (κ2) is 13.5. The number of rotatable bonds is 15. The molecule has 0 aromatic rings. The van der Waals surface area contributed by atoms with Gasteiger partial charge in [-0.25, -0.2) is 0 Å². The van der Waals surface area contributed by atoms with Crippen LogP contribution in [0, 0.1) is 5.41 Å². The van der Waals surface area contributed by atoms with Gasteiger partial charge in [-0.3, -0.25) is 0 Å². The zero-order valence-corrected chi connectivity index (χ0v) is 15.0. The first-order valence-electron chi connectivity index (χ1n) is 8.59. The normalized spacial score (nSPS) is 12.3. The van der Waals surface area contributed by atoms with Gasteiger partial charge in [-0.05, 0) is 37.6 Å². The van der Waals surface area contributed by atoms with Crippen LogP contribution in [0.15, 0.2) is 0 Å². The maximum atomic E-state index is 5.27. The van der Waals surface area contributed by atoms with E-state index in [0.717, 1.165) is 52.4 Å². The van der Waals surface area contributed by atoms with Crippen molar-refractivity contribution in [3.8, 4) is 0 Å². The van der Waals surface area contributed by atoms with Crippen molar-refractivity contribution >= 4 is 0 Å². The van der Waals surface area contributed by atoms with E-state index in [1.54, 1.807) is 14.2 Å². The molecule has 0 rings (SSSR count). The summed E-state index contributed by atoms with van der Waals surface area (Å²) in [5, 5.41) is 3.62. The maximum absolute atomic E-state index is 5.27. The van der Waals surface area contributed by atoms with E-state index in [1.807, 2.05) is 0 Å². The van der Waals surface area contributed by atoms with Gasteiger partial charge in [0, 0.05) is 47.0 Å². The van der Waals surface area contributed by atoms with Crippen molar-refractivity contribution in [3.05, 3.63) is 0 Å². The van der Waals surface area contributed by atoms with Crippen LogP contribution in [0.5, 0.6) is 0 Å². The molecule has 4 heteroatoms. The molecule has 0 amide bonds. The predicted octanol–water partition coefficient (Wildman–Crippen LogP) is 2.78. The highest BCUT2D eigenvalue weighted by Crippen LogP contribution is 2.27. The average Bonchev–Trinajstić information content (AvgIpc) is 2.51. The molecule has 0 saturated carbocycles. The summed E-state index contributed by atoms with van der Waals surface area (Å²) >= 11 is 0. The highest BCUT2D eigenvalue weighted by atomic mass is 16.5. The first kappa shape index (κ1) is 20.8. The Morgan fingerprint density at radius 1 is 0.952 bits per heavy atom. The molecule has 0 heterocycles. The van der Waals surface area contributed by atoms with Crippen LogP contribution >= 0.6 is 0 Å². The van der Waals surface area contributed by atoms with Crippen LogP contribution in [0.25, 0.3) is 0 Å². The second-order valence-corrected chi connectivity index (χ2v) is 6.00. The molecule has 0 saturated heterocycles. The van der Waals surface area contributed by atoms with E-state index < -0.39 is 0 Å². The number of nitrogens with zero attached hydrogens (tertiary/aromatic N) is 1. The molecule has 0 atom stereocenters. The molecular weight excluding hydrogens is 264 g/mol. The third kappa shape index (κ3) is 9.46. The topological polar surface area (TPSA) is 33.7 Å². The van der Waals surface area contributed by atoms with Gasteiger partial charge in [0.1, 0.15) is 0 Å². The summed E-state index contributed by atoms with van der Waals surface area (Å²) in [6.07, 6.45) is 4.72. The molecule has 0 aliphatic carbocycles. The van der Waals surface area contributed by atoms with Gasteiger partial charge >= 0.3 is 0 Å². The molecule has 0 aromatic carbocycles. The van der Waals surface area contributed by atoms with Crippen molar-refractivity contribution in [2.24, 2.45) is 5.41 Å². The van der Waals surface area contributed by atoms with Gasteiger partial charge in [0.05, 0.1) is 6.61 Å². The molecule has 128 valence electrons. The number of nitrogens with one attached hydrogen (secondary N) is 1. The highest BCUT2D eigenvalue weighted by Gasteiger charge is 2.28. The Balaban J connectivity index is 4.51. The van der Waals surface area contributed by atoms with Crippen molar-refractivity contribution in [2.75, 3.05) is 60.2 Å². The molecule has 0 bridgehead atoms. The minimum absolute atomic E-state index is 0.371. The Labute approximate surface area is 132 Å². The van der Waals surface area contributed by atoms with Gasteiger partial charge in [0.15, 0.2) is 0 Å². The van der Waals surface area contributed by atoms with E-state index in [0.29, 0.717) is 5.41 Å². The standard InChI is InChI=1S/C17H38N2O2/c1-6-10-18-15-17(7-2,8-3)16-19(12-14-21-5)11-9-13-20-4/h18H,6-16H2,1-5H3. The SMILES string of the molecule is CCCNCC(CC)(CC)CN(CCCOC)CCOC. The van der Waals surface area contributed by atoms with E-state index >= 15 is 0 Å². The Morgan fingerprint density at radius 3 is 2.14 bits per heavy atom. The van der Waals surface area contributed by atoms with Gasteiger partial charge in [0.2, 0.25) is 0 Å². The quantitative estimate of drug-likeness (QED) is 0.472. The summed E-state index contributed by atoms with van der Waals surface area (Å²) in [6.45, 7) is 14.0. The lowest BCUT2D eigenvalue weighted by molar-refractivity contribution is 0.0886. The van der Waals surface area contributed by atoms with Crippen LogP contribution in [-0.2, 0) is 9.47 Å². The van der Waals surface area contributed by atoms with E-state index in [-0.39, 0.29) is 0 Å². The van der Waals surface area contributed by atoms with Gasteiger partial charge < -0.3 is 19.7 Å².